The summed E-state index contributed by atoms with van der Waals surface area (Å²) >= 11 is 1.29. The van der Waals surface area contributed by atoms with Crippen LogP contribution in [0.1, 0.15) is 54.0 Å². The number of carbonyl (C=O) groups is 3. The largest absolute Gasteiger partial charge is 0.509 e. The van der Waals surface area contributed by atoms with Crippen LogP contribution in [0.5, 0.6) is 0 Å². The predicted octanol–water partition coefficient (Wildman–Crippen LogP) is 4.62. The van der Waals surface area contributed by atoms with Gasteiger partial charge in [0.25, 0.3) is 0 Å². The van der Waals surface area contributed by atoms with Crippen molar-refractivity contribution in [3.05, 3.63) is 36.0 Å². The second kappa shape index (κ2) is 10.8. The third-order valence-corrected chi connectivity index (χ3v) is 5.85. The highest BCUT2D eigenvalue weighted by atomic mass is 32.1. The normalized spacial score (nSPS) is 20.1. The number of hydrogen-bond acceptors (Lipinski definition) is 10. The van der Waals surface area contributed by atoms with E-state index < -0.39 is 47.7 Å². The molecule has 0 N–H and O–H groups in total. The molecule has 3 rings (SSSR count). The van der Waals surface area contributed by atoms with Gasteiger partial charge in [0.2, 0.25) is 0 Å². The van der Waals surface area contributed by atoms with Gasteiger partial charge in [0.15, 0.2) is 12.2 Å². The van der Waals surface area contributed by atoms with Crippen molar-refractivity contribution >= 4 is 29.8 Å². The van der Waals surface area contributed by atoms with Crippen molar-refractivity contribution in [1.82, 2.24) is 14.5 Å². The highest BCUT2D eigenvalue weighted by molar-refractivity contribution is 7.09. The Kier molecular flexibility index (Phi) is 8.22. The fourth-order valence-electron chi connectivity index (χ4n) is 3.80. The Hall–Kier alpha value is -3.21. The van der Waals surface area contributed by atoms with Crippen LogP contribution in [0.15, 0.2) is 30.5 Å². The van der Waals surface area contributed by atoms with Crippen molar-refractivity contribution in [2.24, 2.45) is 0 Å². The summed E-state index contributed by atoms with van der Waals surface area (Å²) in [6.45, 7) is 11.7. The summed E-state index contributed by atoms with van der Waals surface area (Å²) in [6.07, 6.45) is -1.30. The van der Waals surface area contributed by atoms with Crippen LogP contribution in [-0.4, -0.2) is 68.7 Å². The predicted molar refractivity (Wildman–Crippen MR) is 132 cm³/mol. The van der Waals surface area contributed by atoms with Gasteiger partial charge in [0.05, 0.1) is 23.7 Å². The number of likely N-dealkylation sites (tertiary alicyclic amines) is 1. The van der Waals surface area contributed by atoms with E-state index in [9.17, 15) is 14.4 Å². The van der Waals surface area contributed by atoms with Crippen molar-refractivity contribution < 1.29 is 33.3 Å². The van der Waals surface area contributed by atoms with Gasteiger partial charge in [-0.05, 0) is 70.6 Å². The Bertz CT molecular complexity index is 1060. The second-order valence-corrected chi connectivity index (χ2v) is 11.4. The van der Waals surface area contributed by atoms with Gasteiger partial charge in [0, 0.05) is 6.92 Å². The Morgan fingerprint density at radius 2 is 1.64 bits per heavy atom. The van der Waals surface area contributed by atoms with E-state index in [1.165, 1.54) is 23.4 Å². The van der Waals surface area contributed by atoms with Crippen molar-refractivity contribution in [1.29, 1.82) is 0 Å². The third kappa shape index (κ3) is 7.64. The van der Waals surface area contributed by atoms with E-state index in [1.807, 2.05) is 24.3 Å². The minimum atomic E-state index is -0.927. The molecule has 2 heterocycles. The topological polar surface area (TPSA) is 117 Å². The van der Waals surface area contributed by atoms with Crippen molar-refractivity contribution in [3.63, 3.8) is 0 Å². The molecule has 1 aromatic carbocycles. The molecule has 1 aliphatic rings. The summed E-state index contributed by atoms with van der Waals surface area (Å²) in [6, 6.07) is 7.09. The number of aromatic nitrogens is 2. The lowest BCUT2D eigenvalue weighted by Crippen LogP contribution is -2.45. The molecular formula is C25H33N3O7S. The van der Waals surface area contributed by atoms with Gasteiger partial charge >= 0.3 is 18.2 Å². The third-order valence-electron chi connectivity index (χ3n) is 5.13. The van der Waals surface area contributed by atoms with E-state index in [4.69, 9.17) is 18.9 Å². The summed E-state index contributed by atoms with van der Waals surface area (Å²) in [7, 11) is 0. The smallest absolute Gasteiger partial charge is 0.456 e. The highest BCUT2D eigenvalue weighted by Crippen LogP contribution is 2.30. The lowest BCUT2D eigenvalue weighted by Gasteiger charge is -2.30. The standard InChI is InChI=1S/C25H33N3O7S/c1-15(29)32-21-18(12-16-8-10-17(11-9-16)20-13-26-27-36-20)28(22(30)34-24(2,3)4)14-19(21)33-23(31)35-25(5,6)7/h8-11,13,18-19,21H,12,14H2,1-7H3/t18-,19+,21+/m1/s1. The van der Waals surface area contributed by atoms with Crippen molar-refractivity contribution in [2.45, 2.75) is 84.3 Å². The average Bonchev–Trinajstić information content (AvgIpc) is 3.36. The van der Waals surface area contributed by atoms with Crippen molar-refractivity contribution in [3.8, 4) is 10.4 Å². The number of amides is 1. The van der Waals surface area contributed by atoms with Crippen LogP contribution >= 0.6 is 11.5 Å². The maximum atomic E-state index is 13.1. The van der Waals surface area contributed by atoms with Crippen LogP contribution in [-0.2, 0) is 30.2 Å². The zero-order valence-corrected chi connectivity index (χ0v) is 22.5. The van der Waals surface area contributed by atoms with Gasteiger partial charge in [-0.25, -0.2) is 9.59 Å². The fraction of sp³-hybridized carbons (Fsp3) is 0.560. The Balaban J connectivity index is 1.89. The molecule has 1 aromatic heterocycles. The minimum absolute atomic E-state index is 0.0125. The van der Waals surface area contributed by atoms with Crippen molar-refractivity contribution in [2.75, 3.05) is 6.54 Å². The number of benzene rings is 1. The van der Waals surface area contributed by atoms with Crippen LogP contribution in [0.3, 0.4) is 0 Å². The molecule has 1 aliphatic heterocycles. The summed E-state index contributed by atoms with van der Waals surface area (Å²) in [5, 5.41) is 3.86. The molecule has 196 valence electrons. The SMILES string of the molecule is CC(=O)O[C@@H]1[C@@H](OC(=O)OC(C)(C)C)CN(C(=O)OC(C)(C)C)[C@@H]1Cc1ccc(-c2cnns2)cc1. The quantitative estimate of drug-likeness (QED) is 0.412. The van der Waals surface area contributed by atoms with Gasteiger partial charge in [-0.3, -0.25) is 9.69 Å². The molecular weight excluding hydrogens is 486 g/mol. The molecule has 11 heteroatoms. The van der Waals surface area contributed by atoms with Crippen LogP contribution in [0.2, 0.25) is 0 Å². The lowest BCUT2D eigenvalue weighted by molar-refractivity contribution is -0.153. The first-order valence-corrected chi connectivity index (χ1v) is 12.4. The molecule has 0 aliphatic carbocycles. The van der Waals surface area contributed by atoms with Gasteiger partial charge in [-0.2, -0.15) is 0 Å². The molecule has 0 bridgehead atoms. The summed E-state index contributed by atoms with van der Waals surface area (Å²) in [5.41, 5.74) is 0.343. The average molecular weight is 520 g/mol. The van der Waals surface area contributed by atoms with E-state index in [-0.39, 0.29) is 6.54 Å². The molecule has 0 unspecified atom stereocenters. The molecule has 0 radical (unpaired) electrons. The zero-order chi connectivity index (χ0) is 26.7. The Morgan fingerprint density at radius 3 is 2.17 bits per heavy atom. The fourth-order valence-corrected chi connectivity index (χ4v) is 4.32. The molecule has 1 saturated heterocycles. The van der Waals surface area contributed by atoms with Crippen LogP contribution in [0.25, 0.3) is 10.4 Å². The van der Waals surface area contributed by atoms with E-state index in [0.29, 0.717) is 6.42 Å². The van der Waals surface area contributed by atoms with Gasteiger partial charge < -0.3 is 18.9 Å². The number of hydrogen-bond donors (Lipinski definition) is 0. The summed E-state index contributed by atoms with van der Waals surface area (Å²) < 4.78 is 25.9. The first kappa shape index (κ1) is 27.4. The molecule has 36 heavy (non-hydrogen) atoms. The first-order valence-electron chi connectivity index (χ1n) is 11.6. The Labute approximate surface area is 215 Å². The molecule has 3 atom stereocenters. The molecule has 0 spiro atoms. The minimum Gasteiger partial charge on any atom is -0.456 e. The maximum absolute atomic E-state index is 13.1. The molecule has 1 fully saturated rings. The maximum Gasteiger partial charge on any atom is 0.509 e. The van der Waals surface area contributed by atoms with Crippen LogP contribution in [0.4, 0.5) is 9.59 Å². The zero-order valence-electron chi connectivity index (χ0n) is 21.6. The lowest BCUT2D eigenvalue weighted by atomic mass is 9.99. The second-order valence-electron chi connectivity index (χ2n) is 10.6. The van der Waals surface area contributed by atoms with Crippen LogP contribution in [0, 0.1) is 0 Å². The molecule has 0 saturated carbocycles. The molecule has 1 amide bonds. The first-order chi connectivity index (χ1) is 16.7. The number of esters is 1. The number of rotatable bonds is 5. The summed E-state index contributed by atoms with van der Waals surface area (Å²) in [5.74, 6) is -0.554. The van der Waals surface area contributed by atoms with E-state index >= 15 is 0 Å². The number of nitrogens with zero attached hydrogens (tertiary/aromatic N) is 3. The van der Waals surface area contributed by atoms with E-state index in [0.717, 1.165) is 16.0 Å². The van der Waals surface area contributed by atoms with Gasteiger partial charge in [0.1, 0.15) is 11.2 Å². The number of ether oxygens (including phenoxy) is 4. The number of carbonyl (C=O) groups excluding carboxylic acids is 3. The van der Waals surface area contributed by atoms with E-state index in [2.05, 4.69) is 9.59 Å². The van der Waals surface area contributed by atoms with E-state index in [1.54, 1.807) is 47.7 Å². The molecule has 10 nitrogen and oxygen atoms in total. The summed E-state index contributed by atoms with van der Waals surface area (Å²) in [4.78, 5) is 40.0. The highest BCUT2D eigenvalue weighted by Gasteiger charge is 2.49. The Morgan fingerprint density at radius 1 is 1.00 bits per heavy atom. The monoisotopic (exact) mass is 519 g/mol. The van der Waals surface area contributed by atoms with Gasteiger partial charge in [-0.15, -0.1) is 5.10 Å². The van der Waals surface area contributed by atoms with Gasteiger partial charge in [-0.1, -0.05) is 28.8 Å². The molecule has 2 aromatic rings. The van der Waals surface area contributed by atoms with Crippen LogP contribution < -0.4 is 0 Å².